The summed E-state index contributed by atoms with van der Waals surface area (Å²) in [6.45, 7) is 0.0281. The third kappa shape index (κ3) is 3.80. The number of ether oxygens (including phenoxy) is 2. The number of methoxy groups -OCH3 is 2. The highest BCUT2D eigenvalue weighted by Gasteiger charge is 2.08. The fourth-order valence-electron chi connectivity index (χ4n) is 1.72. The maximum absolute atomic E-state index is 9.42. The molecule has 0 radical (unpaired) electrons. The van der Waals surface area contributed by atoms with Crippen LogP contribution in [0.1, 0.15) is 5.56 Å². The summed E-state index contributed by atoms with van der Waals surface area (Å²) in [5.41, 5.74) is 0.914. The van der Waals surface area contributed by atoms with Crippen molar-refractivity contribution in [3.63, 3.8) is 0 Å². The van der Waals surface area contributed by atoms with Gasteiger partial charge in [0.05, 0.1) is 20.8 Å². The number of rotatable bonds is 5. The molecule has 0 spiro atoms. The van der Waals surface area contributed by atoms with Gasteiger partial charge >= 0.3 is 0 Å². The highest BCUT2D eigenvalue weighted by Crippen LogP contribution is 2.36. The summed E-state index contributed by atoms with van der Waals surface area (Å²) in [5.74, 6) is 1.51. The number of hydrogen-bond donors (Lipinski definition) is 1. The van der Waals surface area contributed by atoms with Gasteiger partial charge in [0.25, 0.3) is 0 Å². The van der Waals surface area contributed by atoms with E-state index in [2.05, 4.69) is 28.7 Å². The van der Waals surface area contributed by atoms with E-state index < -0.39 is 0 Å². The molecule has 106 valence electrons. The first-order chi connectivity index (χ1) is 9.66. The van der Waals surface area contributed by atoms with Crippen LogP contribution in [0.2, 0.25) is 0 Å². The zero-order chi connectivity index (χ0) is 14.5. The quantitative estimate of drug-likeness (QED) is 0.769. The molecule has 0 bridgehead atoms. The second-order valence-electron chi connectivity index (χ2n) is 4.06. The van der Waals surface area contributed by atoms with Crippen LogP contribution >= 0.6 is 34.4 Å². The summed E-state index contributed by atoms with van der Waals surface area (Å²) in [6.07, 6.45) is 0. The van der Waals surface area contributed by atoms with E-state index in [0.717, 1.165) is 30.4 Å². The number of aliphatic hydroxyl groups is 1. The van der Waals surface area contributed by atoms with Crippen LogP contribution in [-0.2, 0) is 6.61 Å². The fourth-order valence-corrected chi connectivity index (χ4v) is 3.48. The Kier molecular flexibility index (Phi) is 5.56. The van der Waals surface area contributed by atoms with E-state index in [4.69, 9.17) is 9.47 Å². The Bertz CT molecular complexity index is 579. The van der Waals surface area contributed by atoms with Crippen molar-refractivity contribution in [3.05, 3.63) is 45.5 Å². The first kappa shape index (κ1) is 15.5. The van der Waals surface area contributed by atoms with Crippen molar-refractivity contribution in [1.29, 1.82) is 0 Å². The predicted molar refractivity (Wildman–Crippen MR) is 88.8 cm³/mol. The van der Waals surface area contributed by atoms with Gasteiger partial charge in [-0.25, -0.2) is 0 Å². The number of benzene rings is 2. The summed E-state index contributed by atoms with van der Waals surface area (Å²) in [7, 11) is 3.27. The van der Waals surface area contributed by atoms with Crippen molar-refractivity contribution in [2.24, 2.45) is 0 Å². The average Bonchev–Trinajstić information content (AvgIpc) is 2.47. The Balaban J connectivity index is 2.36. The number of aliphatic hydroxyl groups excluding tert-OH is 1. The van der Waals surface area contributed by atoms with Gasteiger partial charge in [-0.3, -0.25) is 0 Å². The molecule has 0 aliphatic carbocycles. The molecule has 0 atom stereocenters. The third-order valence-corrected chi connectivity index (χ3v) is 4.49. The summed E-state index contributed by atoms with van der Waals surface area (Å²) >= 11 is 3.85. The van der Waals surface area contributed by atoms with E-state index in [9.17, 15) is 5.11 Å². The molecule has 2 aromatic carbocycles. The second-order valence-corrected chi connectivity index (χ2v) is 6.42. The molecule has 0 aliphatic rings. The first-order valence-corrected chi connectivity index (χ1v) is 7.86. The lowest BCUT2D eigenvalue weighted by Gasteiger charge is -2.10. The molecule has 0 fully saturated rings. The van der Waals surface area contributed by atoms with Gasteiger partial charge in [-0.15, -0.1) is 0 Å². The topological polar surface area (TPSA) is 38.7 Å². The Hall–Kier alpha value is -0.920. The van der Waals surface area contributed by atoms with Crippen LogP contribution in [-0.4, -0.2) is 19.3 Å². The number of hydrogen-bond acceptors (Lipinski definition) is 4. The molecule has 1 N–H and O–H groups in total. The van der Waals surface area contributed by atoms with E-state index in [1.807, 2.05) is 30.3 Å². The Morgan fingerprint density at radius 3 is 2.25 bits per heavy atom. The van der Waals surface area contributed by atoms with Crippen molar-refractivity contribution in [3.8, 4) is 11.5 Å². The third-order valence-electron chi connectivity index (χ3n) is 2.75. The predicted octanol–water partition coefficient (Wildman–Crippen LogP) is 3.95. The maximum atomic E-state index is 9.42. The maximum Gasteiger partial charge on any atom is 0.123 e. The van der Waals surface area contributed by atoms with Crippen molar-refractivity contribution in [1.82, 2.24) is 0 Å². The molecule has 20 heavy (non-hydrogen) atoms. The lowest BCUT2D eigenvalue weighted by atomic mass is 10.2. The molecule has 5 heteroatoms. The Morgan fingerprint density at radius 2 is 1.70 bits per heavy atom. The molecule has 0 heterocycles. The van der Waals surface area contributed by atoms with Crippen LogP contribution in [0.5, 0.6) is 11.5 Å². The average molecular weight is 402 g/mol. The Morgan fingerprint density at radius 1 is 1.05 bits per heavy atom. The van der Waals surface area contributed by atoms with Crippen LogP contribution in [0.25, 0.3) is 0 Å². The van der Waals surface area contributed by atoms with E-state index in [-0.39, 0.29) is 6.61 Å². The molecule has 3 nitrogen and oxygen atoms in total. The minimum absolute atomic E-state index is 0.0281. The minimum atomic E-state index is 0.0281. The van der Waals surface area contributed by atoms with Crippen molar-refractivity contribution >= 4 is 34.4 Å². The minimum Gasteiger partial charge on any atom is -0.497 e. The zero-order valence-electron chi connectivity index (χ0n) is 11.2. The first-order valence-electron chi connectivity index (χ1n) is 5.96. The zero-order valence-corrected chi connectivity index (χ0v) is 14.2. The van der Waals surface area contributed by atoms with Gasteiger partial charge in [0.1, 0.15) is 11.5 Å². The van der Waals surface area contributed by atoms with E-state index in [1.54, 1.807) is 26.0 Å². The normalized spacial score (nSPS) is 10.4. The largest absolute Gasteiger partial charge is 0.497 e. The molecule has 0 saturated heterocycles. The van der Waals surface area contributed by atoms with E-state index in [0.29, 0.717) is 0 Å². The highest BCUT2D eigenvalue weighted by molar-refractivity contribution is 14.1. The van der Waals surface area contributed by atoms with Crippen LogP contribution in [0, 0.1) is 3.57 Å². The summed E-state index contributed by atoms with van der Waals surface area (Å²) in [4.78, 5) is 2.05. The van der Waals surface area contributed by atoms with Gasteiger partial charge in [-0.2, -0.15) is 0 Å². The van der Waals surface area contributed by atoms with Gasteiger partial charge in [0, 0.05) is 19.4 Å². The SMILES string of the molecule is COc1cc(OC)cc(Sc2cc(I)ccc2CO)c1. The molecule has 2 rings (SSSR count). The van der Waals surface area contributed by atoms with Gasteiger partial charge in [-0.05, 0) is 52.4 Å². The Labute approximate surface area is 136 Å². The summed E-state index contributed by atoms with van der Waals surface area (Å²) in [6, 6.07) is 11.7. The molecule has 0 amide bonds. The standard InChI is InChI=1S/C15H15IO3S/c1-18-12-6-13(19-2)8-14(7-12)20-15-5-11(16)4-3-10(15)9-17/h3-8,17H,9H2,1-2H3. The number of halogens is 1. The van der Waals surface area contributed by atoms with Crippen LogP contribution in [0.3, 0.4) is 0 Å². The summed E-state index contributed by atoms with van der Waals surface area (Å²) in [5, 5.41) is 9.42. The molecule has 0 saturated carbocycles. The second kappa shape index (κ2) is 7.19. The van der Waals surface area contributed by atoms with Crippen LogP contribution < -0.4 is 9.47 Å². The van der Waals surface area contributed by atoms with Crippen LogP contribution in [0.4, 0.5) is 0 Å². The summed E-state index contributed by atoms with van der Waals surface area (Å²) < 4.78 is 11.7. The molecule has 2 aromatic rings. The molecule has 0 aliphatic heterocycles. The smallest absolute Gasteiger partial charge is 0.123 e. The molecule has 0 aromatic heterocycles. The molecule has 0 unspecified atom stereocenters. The molecular formula is C15H15IO3S. The van der Waals surface area contributed by atoms with E-state index >= 15 is 0 Å². The lowest BCUT2D eigenvalue weighted by molar-refractivity contribution is 0.279. The lowest BCUT2D eigenvalue weighted by Crippen LogP contribution is -1.90. The van der Waals surface area contributed by atoms with Crippen molar-refractivity contribution in [2.45, 2.75) is 16.4 Å². The van der Waals surface area contributed by atoms with Gasteiger partial charge in [0.15, 0.2) is 0 Å². The van der Waals surface area contributed by atoms with Crippen LogP contribution in [0.15, 0.2) is 46.2 Å². The van der Waals surface area contributed by atoms with Gasteiger partial charge in [-0.1, -0.05) is 17.8 Å². The molecular weight excluding hydrogens is 387 g/mol. The van der Waals surface area contributed by atoms with Crippen molar-refractivity contribution < 1.29 is 14.6 Å². The highest BCUT2D eigenvalue weighted by atomic mass is 127. The van der Waals surface area contributed by atoms with Gasteiger partial charge in [0.2, 0.25) is 0 Å². The fraction of sp³-hybridized carbons (Fsp3) is 0.200. The van der Waals surface area contributed by atoms with E-state index in [1.165, 1.54) is 0 Å². The van der Waals surface area contributed by atoms with Crippen molar-refractivity contribution in [2.75, 3.05) is 14.2 Å². The van der Waals surface area contributed by atoms with Gasteiger partial charge < -0.3 is 14.6 Å². The monoisotopic (exact) mass is 402 g/mol.